The highest BCUT2D eigenvalue weighted by atomic mass is 15.4. The number of rotatable bonds is 6. The van der Waals surface area contributed by atoms with Crippen LogP contribution in [0, 0.1) is 17.2 Å². The Hall–Kier alpha value is -3.76. The van der Waals surface area contributed by atoms with Crippen LogP contribution in [0.5, 0.6) is 0 Å². The molecule has 3 aromatic rings. The maximum atomic E-state index is 9.33. The van der Waals surface area contributed by atoms with Crippen molar-refractivity contribution in [3.63, 3.8) is 0 Å². The van der Waals surface area contributed by atoms with Crippen LogP contribution in [0.4, 0.5) is 5.82 Å². The lowest BCUT2D eigenvalue weighted by atomic mass is 9.95. The molecular formula is C22H20N7+. The summed E-state index contributed by atoms with van der Waals surface area (Å²) in [4.78, 5) is 13.3. The van der Waals surface area contributed by atoms with Gasteiger partial charge >= 0.3 is 5.82 Å². The fourth-order valence-electron chi connectivity index (χ4n) is 3.24. The quantitative estimate of drug-likeness (QED) is 0.660. The third-order valence-electron chi connectivity index (χ3n) is 4.67. The minimum atomic E-state index is 0.0845. The number of nitrogens with zero attached hydrogens (tertiary/aromatic N) is 6. The molecule has 29 heavy (non-hydrogen) atoms. The number of hydrogen-bond donors (Lipinski definition) is 1. The normalized spacial score (nSPS) is 15.2. The molecule has 7 heteroatoms. The number of pyridine rings is 1. The topological polar surface area (TPSA) is 104 Å². The van der Waals surface area contributed by atoms with Crippen LogP contribution < -0.4 is 5.73 Å². The van der Waals surface area contributed by atoms with Crippen LogP contribution in [0.1, 0.15) is 16.7 Å². The highest BCUT2D eigenvalue weighted by Crippen LogP contribution is 2.25. The summed E-state index contributed by atoms with van der Waals surface area (Å²) in [7, 11) is 0. The van der Waals surface area contributed by atoms with Crippen molar-refractivity contribution >= 4 is 18.2 Å². The molecule has 3 heterocycles. The average molecular weight is 382 g/mol. The SMILES string of the molecule is N#Cc1ccc(-c2ncc(CCN)cn2)c(CC2C=N[N+](c3ccccn3)=C2)c1. The van der Waals surface area contributed by atoms with Gasteiger partial charge in [-0.2, -0.15) is 5.26 Å². The van der Waals surface area contributed by atoms with Gasteiger partial charge in [0.2, 0.25) is 0 Å². The lowest BCUT2D eigenvalue weighted by Gasteiger charge is -2.10. The molecule has 0 amide bonds. The van der Waals surface area contributed by atoms with Crippen LogP contribution in [0.2, 0.25) is 0 Å². The first-order valence-corrected chi connectivity index (χ1v) is 9.40. The number of benzene rings is 1. The summed E-state index contributed by atoms with van der Waals surface area (Å²) in [5.74, 6) is 1.50. The van der Waals surface area contributed by atoms with Crippen molar-refractivity contribution in [2.24, 2.45) is 16.8 Å². The molecule has 0 saturated heterocycles. The summed E-state index contributed by atoms with van der Waals surface area (Å²) in [6.45, 7) is 0.564. The van der Waals surface area contributed by atoms with E-state index in [-0.39, 0.29) is 5.92 Å². The number of aromatic nitrogens is 3. The zero-order valence-electron chi connectivity index (χ0n) is 15.8. The predicted molar refractivity (Wildman–Crippen MR) is 111 cm³/mol. The lowest BCUT2D eigenvalue weighted by Crippen LogP contribution is -2.09. The number of nitriles is 1. The molecule has 4 rings (SSSR count). The molecule has 1 aromatic carbocycles. The van der Waals surface area contributed by atoms with Crippen LogP contribution in [-0.4, -0.2) is 38.6 Å². The highest BCUT2D eigenvalue weighted by Gasteiger charge is 2.21. The van der Waals surface area contributed by atoms with Crippen LogP contribution in [-0.2, 0) is 12.8 Å². The van der Waals surface area contributed by atoms with Crippen LogP contribution in [0.3, 0.4) is 0 Å². The second kappa shape index (κ2) is 8.50. The van der Waals surface area contributed by atoms with E-state index in [1.165, 1.54) is 0 Å². The Morgan fingerprint density at radius 3 is 2.69 bits per heavy atom. The Bertz CT molecular complexity index is 1100. The van der Waals surface area contributed by atoms with Crippen LogP contribution >= 0.6 is 0 Å². The third kappa shape index (κ3) is 4.23. The monoisotopic (exact) mass is 382 g/mol. The largest absolute Gasteiger partial charge is 0.347 e. The van der Waals surface area contributed by atoms with Gasteiger partial charge in [0, 0.05) is 24.0 Å². The van der Waals surface area contributed by atoms with Gasteiger partial charge in [0.05, 0.1) is 23.8 Å². The van der Waals surface area contributed by atoms with Crippen molar-refractivity contribution in [3.05, 3.63) is 71.7 Å². The maximum absolute atomic E-state index is 9.33. The van der Waals surface area contributed by atoms with Gasteiger partial charge < -0.3 is 5.73 Å². The molecule has 1 unspecified atom stereocenters. The molecule has 2 N–H and O–H groups in total. The second-order valence-electron chi connectivity index (χ2n) is 6.75. The van der Waals surface area contributed by atoms with Gasteiger partial charge in [-0.15, -0.1) is 4.68 Å². The van der Waals surface area contributed by atoms with Crippen LogP contribution in [0.25, 0.3) is 11.4 Å². The summed E-state index contributed by atoms with van der Waals surface area (Å²) in [5, 5.41) is 13.8. The molecule has 0 spiro atoms. The fraction of sp³-hybridized carbons (Fsp3) is 0.182. The maximum Gasteiger partial charge on any atom is 0.347 e. The van der Waals surface area contributed by atoms with E-state index in [1.54, 1.807) is 16.9 Å². The van der Waals surface area contributed by atoms with Gasteiger partial charge in [0.1, 0.15) is 12.4 Å². The van der Waals surface area contributed by atoms with Gasteiger partial charge in [0.15, 0.2) is 5.82 Å². The predicted octanol–water partition coefficient (Wildman–Crippen LogP) is 2.48. The minimum absolute atomic E-state index is 0.0845. The second-order valence-corrected chi connectivity index (χ2v) is 6.75. The Kier molecular flexibility index (Phi) is 5.45. The van der Waals surface area contributed by atoms with E-state index in [2.05, 4.69) is 26.1 Å². The molecule has 2 aromatic heterocycles. The van der Waals surface area contributed by atoms with Crippen molar-refractivity contribution in [3.8, 4) is 17.5 Å². The van der Waals surface area contributed by atoms with E-state index in [1.807, 2.05) is 55.2 Å². The van der Waals surface area contributed by atoms with Gasteiger partial charge in [-0.05, 0) is 59.8 Å². The van der Waals surface area contributed by atoms with Crippen molar-refractivity contribution < 1.29 is 4.68 Å². The average Bonchev–Trinajstić information content (AvgIpc) is 3.24. The minimum Gasteiger partial charge on any atom is -0.330 e. The molecule has 7 nitrogen and oxygen atoms in total. The van der Waals surface area contributed by atoms with Crippen molar-refractivity contribution in [2.75, 3.05) is 6.54 Å². The lowest BCUT2D eigenvalue weighted by molar-refractivity contribution is -0.441. The molecule has 1 aliphatic rings. The van der Waals surface area contributed by atoms with E-state index in [0.29, 0.717) is 24.4 Å². The molecular weight excluding hydrogens is 362 g/mol. The summed E-state index contributed by atoms with van der Waals surface area (Å²) in [6.07, 6.45) is 10.7. The Balaban J connectivity index is 1.62. The number of nitrogens with two attached hydrogens (primary N) is 1. The van der Waals surface area contributed by atoms with Crippen LogP contribution in [0.15, 0.2) is 60.1 Å². The van der Waals surface area contributed by atoms with Crippen molar-refractivity contribution in [2.45, 2.75) is 12.8 Å². The third-order valence-corrected chi connectivity index (χ3v) is 4.67. The Labute approximate surface area is 168 Å². The molecule has 0 radical (unpaired) electrons. The Morgan fingerprint density at radius 2 is 1.97 bits per heavy atom. The van der Waals surface area contributed by atoms with Gasteiger partial charge in [-0.3, -0.25) is 0 Å². The van der Waals surface area contributed by atoms with E-state index >= 15 is 0 Å². The summed E-state index contributed by atoms with van der Waals surface area (Å²) >= 11 is 0. The fourth-order valence-corrected chi connectivity index (χ4v) is 3.24. The molecule has 0 aliphatic carbocycles. The van der Waals surface area contributed by atoms with Crippen molar-refractivity contribution in [1.82, 2.24) is 15.0 Å². The first-order valence-electron chi connectivity index (χ1n) is 9.40. The van der Waals surface area contributed by atoms with E-state index in [9.17, 15) is 5.26 Å². The first-order chi connectivity index (χ1) is 14.3. The molecule has 0 fully saturated rings. The Morgan fingerprint density at radius 1 is 1.10 bits per heavy atom. The summed E-state index contributed by atoms with van der Waals surface area (Å²) < 4.78 is 1.77. The molecule has 1 atom stereocenters. The van der Waals surface area contributed by atoms with E-state index < -0.39 is 0 Å². The summed E-state index contributed by atoms with van der Waals surface area (Å²) in [5.41, 5.74) is 9.14. The zero-order valence-corrected chi connectivity index (χ0v) is 15.8. The first kappa shape index (κ1) is 18.6. The van der Waals surface area contributed by atoms with Crippen molar-refractivity contribution in [1.29, 1.82) is 5.26 Å². The van der Waals surface area contributed by atoms with E-state index in [0.717, 1.165) is 28.9 Å². The number of hydrazone groups is 1. The molecule has 0 saturated carbocycles. The smallest absolute Gasteiger partial charge is 0.330 e. The van der Waals surface area contributed by atoms with Gasteiger partial charge in [0.25, 0.3) is 0 Å². The molecule has 1 aliphatic heterocycles. The standard InChI is InChI=1S/C22H20N7/c23-7-6-17-12-26-22(27-13-17)20-5-4-16(11-24)9-19(20)10-18-14-28-29(15-18)21-3-1-2-8-25-21/h1-5,8-9,12-15,18H,6-7,10,23H2/q+1. The highest BCUT2D eigenvalue weighted by molar-refractivity contribution is 5.84. The van der Waals surface area contributed by atoms with E-state index in [4.69, 9.17) is 5.73 Å². The van der Waals surface area contributed by atoms with Gasteiger partial charge in [-0.25, -0.2) is 9.97 Å². The zero-order chi connectivity index (χ0) is 20.1. The number of hydrogen-bond acceptors (Lipinski definition) is 6. The summed E-state index contributed by atoms with van der Waals surface area (Å²) in [6, 6.07) is 13.5. The van der Waals surface area contributed by atoms with Gasteiger partial charge in [-0.1, -0.05) is 11.2 Å². The molecule has 142 valence electrons. The molecule has 0 bridgehead atoms.